The Morgan fingerprint density at radius 2 is 1.79 bits per heavy atom. The molecule has 6 rings (SSSR count). The monoisotopic (exact) mass is 535 g/mol. The number of imidazole rings is 1. The molecule has 1 aliphatic carbocycles. The highest BCUT2D eigenvalue weighted by Crippen LogP contribution is 2.39. The van der Waals surface area contributed by atoms with Crippen LogP contribution in [0.4, 0.5) is 5.95 Å². The number of fused-ring (bicyclic) bond motifs is 1. The van der Waals surface area contributed by atoms with Crippen LogP contribution in [0.25, 0.3) is 33.8 Å². The highest BCUT2D eigenvalue weighted by Gasteiger charge is 2.32. The molecule has 1 N–H and O–H groups in total. The van der Waals surface area contributed by atoms with Gasteiger partial charge in [-0.3, -0.25) is 14.5 Å². The Bertz CT molecular complexity index is 1490. The van der Waals surface area contributed by atoms with E-state index in [-0.39, 0.29) is 5.82 Å². The van der Waals surface area contributed by atoms with Crippen LogP contribution >= 0.6 is 11.6 Å². The summed E-state index contributed by atoms with van der Waals surface area (Å²) in [5, 5.41) is 4.43. The molecule has 200 valence electrons. The lowest BCUT2D eigenvalue weighted by Crippen LogP contribution is -2.45. The van der Waals surface area contributed by atoms with Crippen molar-refractivity contribution in [3.63, 3.8) is 0 Å². The first kappa shape index (κ1) is 25.1. The third kappa shape index (κ3) is 4.72. The van der Waals surface area contributed by atoms with Gasteiger partial charge in [0.05, 0.1) is 21.7 Å². The topological polar surface area (TPSA) is 106 Å². The number of H-pyrrole nitrogens is 1. The molecular formula is C28H34ClN7O2. The summed E-state index contributed by atoms with van der Waals surface area (Å²) in [6, 6.07) is 4.54. The normalized spacial score (nSPS) is 24.3. The van der Waals surface area contributed by atoms with E-state index >= 15 is 0 Å². The van der Waals surface area contributed by atoms with Crippen molar-refractivity contribution in [1.82, 2.24) is 29.7 Å². The molecule has 0 unspecified atom stereocenters. The van der Waals surface area contributed by atoms with E-state index in [1.165, 1.54) is 32.1 Å². The van der Waals surface area contributed by atoms with Crippen molar-refractivity contribution < 1.29 is 4.52 Å². The van der Waals surface area contributed by atoms with Crippen LogP contribution < -0.4 is 10.7 Å². The van der Waals surface area contributed by atoms with Crippen molar-refractivity contribution >= 4 is 28.6 Å². The molecule has 1 saturated heterocycles. The van der Waals surface area contributed by atoms with Crippen LogP contribution in [-0.4, -0.2) is 41.7 Å². The average molecular weight is 536 g/mol. The summed E-state index contributed by atoms with van der Waals surface area (Å²) in [7, 11) is 0. The maximum Gasteiger partial charge on any atom is 0.439 e. The van der Waals surface area contributed by atoms with E-state index < -0.39 is 5.76 Å². The fourth-order valence-electron chi connectivity index (χ4n) is 6.30. The number of halogens is 1. The number of hydrogen-bond acceptors (Lipinski definition) is 7. The second-order valence-electron chi connectivity index (χ2n) is 11.2. The lowest BCUT2D eigenvalue weighted by molar-refractivity contribution is 0.265. The molecule has 1 saturated carbocycles. The summed E-state index contributed by atoms with van der Waals surface area (Å²) in [5.41, 5.74) is 3.76. The summed E-state index contributed by atoms with van der Waals surface area (Å²) in [6.45, 7) is 7.84. The number of anilines is 1. The molecule has 4 aromatic rings. The highest BCUT2D eigenvalue weighted by molar-refractivity contribution is 6.30. The van der Waals surface area contributed by atoms with Gasteiger partial charge in [-0.1, -0.05) is 36.5 Å². The molecule has 2 aliphatic rings. The fourth-order valence-corrected chi connectivity index (χ4v) is 6.48. The van der Waals surface area contributed by atoms with E-state index in [4.69, 9.17) is 26.1 Å². The second kappa shape index (κ2) is 10.2. The van der Waals surface area contributed by atoms with Gasteiger partial charge in [-0.05, 0) is 69.9 Å². The summed E-state index contributed by atoms with van der Waals surface area (Å²) in [5.74, 6) is 2.00. The van der Waals surface area contributed by atoms with E-state index in [9.17, 15) is 4.79 Å². The first-order chi connectivity index (χ1) is 18.4. The predicted molar refractivity (Wildman–Crippen MR) is 148 cm³/mol. The van der Waals surface area contributed by atoms with Gasteiger partial charge in [-0.25, -0.2) is 14.8 Å². The Morgan fingerprint density at radius 3 is 2.47 bits per heavy atom. The molecular weight excluding hydrogens is 502 g/mol. The first-order valence-corrected chi connectivity index (χ1v) is 14.1. The molecule has 4 aromatic heterocycles. The lowest BCUT2D eigenvalue weighted by atomic mass is 9.83. The summed E-state index contributed by atoms with van der Waals surface area (Å²) >= 11 is 6.38. The van der Waals surface area contributed by atoms with Crippen molar-refractivity contribution in [3.8, 4) is 22.8 Å². The molecule has 2 fully saturated rings. The Balaban J connectivity index is 1.59. The number of piperidine rings is 1. The van der Waals surface area contributed by atoms with E-state index in [2.05, 4.69) is 45.4 Å². The number of aromatic nitrogens is 6. The number of aromatic amines is 1. The molecule has 0 bridgehead atoms. The standard InChI is InChI=1S/C28H34ClN7O2/c1-16-7-9-19(10-8-16)15-35-25-22(32-27(35)36-17(2)5-4-6-18(36)3)12-23(26-33-28(37)38-34-26)31-24(25)20-11-21(29)14-30-13-20/h11-14,16-19H,4-10,15H2,1-3H3,(H,33,34,37)/t16-,17-,18-,19-/m0/s1. The number of hydrogen-bond donors (Lipinski definition) is 1. The van der Waals surface area contributed by atoms with Crippen molar-refractivity contribution in [1.29, 1.82) is 0 Å². The third-order valence-electron chi connectivity index (χ3n) is 8.37. The Hall–Kier alpha value is -3.20. The maximum absolute atomic E-state index is 11.7. The summed E-state index contributed by atoms with van der Waals surface area (Å²) in [6.07, 6.45) is 11.8. The third-order valence-corrected chi connectivity index (χ3v) is 8.57. The minimum Gasteiger partial charge on any atom is -0.337 e. The van der Waals surface area contributed by atoms with Gasteiger partial charge in [0.25, 0.3) is 0 Å². The molecule has 0 aromatic carbocycles. The van der Waals surface area contributed by atoms with Crippen molar-refractivity contribution in [2.75, 3.05) is 4.90 Å². The molecule has 0 spiro atoms. The van der Waals surface area contributed by atoms with Crippen LogP contribution in [0.3, 0.4) is 0 Å². The molecule has 10 heteroatoms. The quantitative estimate of drug-likeness (QED) is 0.330. The molecule has 1 aliphatic heterocycles. The van der Waals surface area contributed by atoms with Crippen molar-refractivity contribution in [2.24, 2.45) is 11.8 Å². The van der Waals surface area contributed by atoms with Gasteiger partial charge in [0.2, 0.25) is 11.8 Å². The second-order valence-corrected chi connectivity index (χ2v) is 11.7. The van der Waals surface area contributed by atoms with Crippen LogP contribution in [0.1, 0.15) is 65.7 Å². The summed E-state index contributed by atoms with van der Waals surface area (Å²) < 4.78 is 7.18. The maximum atomic E-state index is 11.7. The van der Waals surface area contributed by atoms with Gasteiger partial charge in [-0.2, -0.15) is 0 Å². The Labute approximate surface area is 226 Å². The van der Waals surface area contributed by atoms with Crippen LogP contribution in [-0.2, 0) is 6.54 Å². The molecule has 0 amide bonds. The molecule has 38 heavy (non-hydrogen) atoms. The van der Waals surface area contributed by atoms with Crippen LogP contribution in [0.15, 0.2) is 33.8 Å². The van der Waals surface area contributed by atoms with Gasteiger partial charge in [0, 0.05) is 36.6 Å². The van der Waals surface area contributed by atoms with Crippen molar-refractivity contribution in [3.05, 3.63) is 40.1 Å². The van der Waals surface area contributed by atoms with Crippen LogP contribution in [0, 0.1) is 11.8 Å². The zero-order valence-corrected chi connectivity index (χ0v) is 22.9. The van der Waals surface area contributed by atoms with E-state index in [1.54, 1.807) is 12.4 Å². The van der Waals surface area contributed by atoms with E-state index in [1.807, 2.05) is 12.1 Å². The lowest BCUT2D eigenvalue weighted by Gasteiger charge is -2.40. The van der Waals surface area contributed by atoms with Gasteiger partial charge in [0.1, 0.15) is 5.69 Å². The summed E-state index contributed by atoms with van der Waals surface area (Å²) in [4.78, 5) is 31.5. The Kier molecular flexibility index (Phi) is 6.72. The van der Waals surface area contributed by atoms with E-state index in [0.29, 0.717) is 28.7 Å². The minimum absolute atomic E-state index is 0.269. The zero-order valence-electron chi connectivity index (χ0n) is 22.2. The van der Waals surface area contributed by atoms with Gasteiger partial charge >= 0.3 is 5.76 Å². The number of nitrogens with zero attached hydrogens (tertiary/aromatic N) is 6. The number of nitrogens with one attached hydrogen (secondary N) is 1. The smallest absolute Gasteiger partial charge is 0.337 e. The van der Waals surface area contributed by atoms with Crippen LogP contribution in [0.2, 0.25) is 5.02 Å². The molecule has 5 heterocycles. The highest BCUT2D eigenvalue weighted by atomic mass is 35.5. The average Bonchev–Trinajstić information content (AvgIpc) is 3.48. The van der Waals surface area contributed by atoms with Gasteiger partial charge < -0.3 is 9.47 Å². The minimum atomic E-state index is -0.624. The van der Waals surface area contributed by atoms with Crippen molar-refractivity contribution in [2.45, 2.75) is 84.3 Å². The van der Waals surface area contributed by atoms with Crippen LogP contribution in [0.5, 0.6) is 0 Å². The zero-order chi connectivity index (χ0) is 26.4. The SMILES string of the molecule is C[C@H]1CCC[C@H](C)N1c1nc2cc(-c3noc(=O)[nH]3)nc(-c3cncc(Cl)c3)c2n1C[C@H]1CC[C@H](C)CC1. The first-order valence-electron chi connectivity index (χ1n) is 13.7. The van der Waals surface area contributed by atoms with Gasteiger partial charge in [-0.15, -0.1) is 0 Å². The molecule has 2 atom stereocenters. The number of rotatable bonds is 5. The molecule has 9 nitrogen and oxygen atoms in total. The number of pyridine rings is 2. The largest absolute Gasteiger partial charge is 0.439 e. The Morgan fingerprint density at radius 1 is 1.03 bits per heavy atom. The molecule has 0 radical (unpaired) electrons. The fraction of sp³-hybridized carbons (Fsp3) is 0.536. The predicted octanol–water partition coefficient (Wildman–Crippen LogP) is 6.08. The van der Waals surface area contributed by atoms with E-state index in [0.717, 1.165) is 53.5 Å². The van der Waals surface area contributed by atoms with Gasteiger partial charge in [0.15, 0.2) is 0 Å².